The fraction of sp³-hybridized carbons (Fsp3) is 0.192. The molecule has 0 unspecified atom stereocenters. The van der Waals surface area contributed by atoms with Gasteiger partial charge >= 0.3 is 0 Å². The number of amides is 2. The highest BCUT2D eigenvalue weighted by Crippen LogP contribution is 2.28. The van der Waals surface area contributed by atoms with Gasteiger partial charge in [-0.3, -0.25) is 9.59 Å². The van der Waals surface area contributed by atoms with E-state index in [0.29, 0.717) is 46.7 Å². The minimum Gasteiger partial charge on any atom is -0.494 e. The molecule has 0 heterocycles. The van der Waals surface area contributed by atoms with Crippen molar-refractivity contribution in [3.63, 3.8) is 0 Å². The first-order valence-corrected chi connectivity index (χ1v) is 11.2. The topological polar surface area (TPSA) is 98.2 Å². The van der Waals surface area contributed by atoms with Crippen molar-refractivity contribution in [2.75, 3.05) is 19.0 Å². The fourth-order valence-electron chi connectivity index (χ4n) is 3.00. The van der Waals surface area contributed by atoms with Crippen LogP contribution in [0.25, 0.3) is 0 Å². The number of benzene rings is 3. The molecule has 0 atom stereocenters. The Morgan fingerprint density at radius 3 is 2.37 bits per heavy atom. The second kappa shape index (κ2) is 13.0. The van der Waals surface area contributed by atoms with Crippen molar-refractivity contribution in [1.82, 2.24) is 5.43 Å². The number of nitrogens with one attached hydrogen (secondary N) is 2. The molecule has 8 nitrogen and oxygen atoms in total. The number of hydrazone groups is 1. The van der Waals surface area contributed by atoms with Crippen LogP contribution in [0, 0.1) is 0 Å². The van der Waals surface area contributed by atoms with Crippen molar-refractivity contribution < 1.29 is 23.8 Å². The zero-order valence-corrected chi connectivity index (χ0v) is 20.2. The molecule has 2 amide bonds. The maximum absolute atomic E-state index is 12.1. The van der Waals surface area contributed by atoms with Crippen LogP contribution in [0.5, 0.6) is 17.2 Å². The minimum absolute atomic E-state index is 0.357. The summed E-state index contributed by atoms with van der Waals surface area (Å²) in [6.07, 6.45) is 1.08. The zero-order valence-electron chi connectivity index (χ0n) is 19.4. The molecule has 0 fully saturated rings. The summed E-state index contributed by atoms with van der Waals surface area (Å²) < 4.78 is 16.6. The number of carbonyl (C=O) groups is 2. The SMILES string of the molecule is CCOc1ccc(NC(=O)CC(=O)NN=Cc2ccc(OCc3ccc(Cl)cc3)c(OC)c2)cc1. The van der Waals surface area contributed by atoms with E-state index >= 15 is 0 Å². The Morgan fingerprint density at radius 1 is 0.943 bits per heavy atom. The van der Waals surface area contributed by atoms with Crippen LogP contribution in [0.3, 0.4) is 0 Å². The standard InChI is InChI=1S/C26H26ClN3O5/c1-3-34-22-11-9-21(10-12-22)29-25(31)15-26(32)30-28-16-19-6-13-23(24(14-19)33-2)35-17-18-4-7-20(27)8-5-18/h4-14,16H,3,15,17H2,1-2H3,(H,29,31)(H,30,32). The van der Waals surface area contributed by atoms with Crippen LogP contribution in [-0.2, 0) is 16.2 Å². The molecule has 0 bridgehead atoms. The Bertz CT molecular complexity index is 1160. The monoisotopic (exact) mass is 495 g/mol. The highest BCUT2D eigenvalue weighted by Gasteiger charge is 2.10. The summed E-state index contributed by atoms with van der Waals surface area (Å²) in [5, 5.41) is 7.23. The number of rotatable bonds is 11. The van der Waals surface area contributed by atoms with Crippen molar-refractivity contribution in [2.45, 2.75) is 20.0 Å². The smallest absolute Gasteiger partial charge is 0.249 e. The molecule has 35 heavy (non-hydrogen) atoms. The normalized spacial score (nSPS) is 10.6. The summed E-state index contributed by atoms with van der Waals surface area (Å²) in [6.45, 7) is 2.80. The van der Waals surface area contributed by atoms with Gasteiger partial charge in [0.25, 0.3) is 0 Å². The van der Waals surface area contributed by atoms with Gasteiger partial charge in [-0.2, -0.15) is 5.10 Å². The van der Waals surface area contributed by atoms with E-state index in [1.54, 1.807) is 54.6 Å². The number of methoxy groups -OCH3 is 1. The molecule has 0 radical (unpaired) electrons. The van der Waals surface area contributed by atoms with E-state index < -0.39 is 11.8 Å². The van der Waals surface area contributed by atoms with Gasteiger partial charge in [-0.05, 0) is 72.6 Å². The van der Waals surface area contributed by atoms with Crippen molar-refractivity contribution in [3.05, 3.63) is 82.9 Å². The van der Waals surface area contributed by atoms with Gasteiger partial charge in [0, 0.05) is 10.7 Å². The highest BCUT2D eigenvalue weighted by molar-refractivity contribution is 6.30. The number of hydrogen-bond donors (Lipinski definition) is 2. The van der Waals surface area contributed by atoms with Gasteiger partial charge in [0.15, 0.2) is 11.5 Å². The summed E-state index contributed by atoms with van der Waals surface area (Å²) in [4.78, 5) is 24.1. The summed E-state index contributed by atoms with van der Waals surface area (Å²) in [6, 6.07) is 19.5. The zero-order chi connectivity index (χ0) is 25.0. The maximum atomic E-state index is 12.1. The third-order valence-corrected chi connectivity index (χ3v) is 4.92. The molecule has 3 aromatic carbocycles. The lowest BCUT2D eigenvalue weighted by molar-refractivity contribution is -0.126. The Morgan fingerprint density at radius 2 is 1.69 bits per heavy atom. The first-order valence-electron chi connectivity index (χ1n) is 10.9. The van der Waals surface area contributed by atoms with Crippen LogP contribution in [0.4, 0.5) is 5.69 Å². The first kappa shape index (κ1) is 25.6. The number of ether oxygens (including phenoxy) is 3. The van der Waals surface area contributed by atoms with Crippen LogP contribution >= 0.6 is 11.6 Å². The summed E-state index contributed by atoms with van der Waals surface area (Å²) >= 11 is 5.90. The summed E-state index contributed by atoms with van der Waals surface area (Å²) in [7, 11) is 1.54. The third-order valence-electron chi connectivity index (χ3n) is 4.67. The lowest BCUT2D eigenvalue weighted by Crippen LogP contribution is -2.24. The van der Waals surface area contributed by atoms with Gasteiger partial charge in [-0.25, -0.2) is 5.43 Å². The summed E-state index contributed by atoms with van der Waals surface area (Å²) in [5.74, 6) is 0.791. The molecular formula is C26H26ClN3O5. The molecule has 0 aromatic heterocycles. The van der Waals surface area contributed by atoms with Crippen LogP contribution in [0.15, 0.2) is 71.8 Å². The van der Waals surface area contributed by atoms with Crippen LogP contribution in [0.1, 0.15) is 24.5 Å². The molecule has 0 saturated heterocycles. The van der Waals surface area contributed by atoms with E-state index in [4.69, 9.17) is 25.8 Å². The maximum Gasteiger partial charge on any atom is 0.249 e. The first-order chi connectivity index (χ1) is 17.0. The lowest BCUT2D eigenvalue weighted by Gasteiger charge is -2.11. The lowest BCUT2D eigenvalue weighted by atomic mass is 10.2. The number of carbonyl (C=O) groups excluding carboxylic acids is 2. The molecule has 0 spiro atoms. The van der Waals surface area contributed by atoms with E-state index in [2.05, 4.69) is 15.8 Å². The Kier molecular flexibility index (Phi) is 9.50. The Hall–Kier alpha value is -4.04. The Labute approximate surface area is 208 Å². The van der Waals surface area contributed by atoms with Gasteiger partial charge in [0.2, 0.25) is 11.8 Å². The summed E-state index contributed by atoms with van der Waals surface area (Å²) in [5.41, 5.74) is 4.56. The van der Waals surface area contributed by atoms with E-state index in [1.165, 1.54) is 13.3 Å². The number of halogens is 1. The van der Waals surface area contributed by atoms with Crippen molar-refractivity contribution in [1.29, 1.82) is 0 Å². The van der Waals surface area contributed by atoms with Gasteiger partial charge in [0.1, 0.15) is 18.8 Å². The molecule has 3 aromatic rings. The van der Waals surface area contributed by atoms with Crippen LogP contribution in [-0.4, -0.2) is 31.7 Å². The number of anilines is 1. The van der Waals surface area contributed by atoms with Crippen LogP contribution < -0.4 is 25.0 Å². The molecule has 0 saturated carbocycles. The molecule has 182 valence electrons. The van der Waals surface area contributed by atoms with Gasteiger partial charge in [-0.15, -0.1) is 0 Å². The molecule has 0 aliphatic carbocycles. The average Bonchev–Trinajstić information content (AvgIpc) is 2.85. The van der Waals surface area contributed by atoms with Crippen molar-refractivity contribution >= 4 is 35.3 Å². The fourth-order valence-corrected chi connectivity index (χ4v) is 3.12. The largest absolute Gasteiger partial charge is 0.494 e. The third kappa shape index (κ3) is 8.35. The minimum atomic E-state index is -0.542. The second-order valence-corrected chi connectivity index (χ2v) is 7.74. The highest BCUT2D eigenvalue weighted by atomic mass is 35.5. The van der Waals surface area contributed by atoms with Gasteiger partial charge in [-0.1, -0.05) is 23.7 Å². The van der Waals surface area contributed by atoms with Crippen molar-refractivity contribution in [3.8, 4) is 17.2 Å². The molecular weight excluding hydrogens is 470 g/mol. The van der Waals surface area contributed by atoms with Crippen molar-refractivity contribution in [2.24, 2.45) is 5.10 Å². The Balaban J connectivity index is 1.48. The van der Waals surface area contributed by atoms with E-state index in [9.17, 15) is 9.59 Å². The number of hydrogen-bond acceptors (Lipinski definition) is 6. The molecule has 2 N–H and O–H groups in total. The predicted octanol–water partition coefficient (Wildman–Crippen LogP) is 4.81. The van der Waals surface area contributed by atoms with E-state index in [0.717, 1.165) is 5.56 Å². The molecule has 0 aliphatic heterocycles. The molecule has 9 heteroatoms. The molecule has 0 aliphatic rings. The van der Waals surface area contributed by atoms with Gasteiger partial charge in [0.05, 0.1) is 19.9 Å². The van der Waals surface area contributed by atoms with Gasteiger partial charge < -0.3 is 19.5 Å². The predicted molar refractivity (Wildman–Crippen MR) is 135 cm³/mol. The quantitative estimate of drug-likeness (QED) is 0.226. The van der Waals surface area contributed by atoms with E-state index in [-0.39, 0.29) is 6.42 Å². The molecule has 3 rings (SSSR count). The van der Waals surface area contributed by atoms with E-state index in [1.807, 2.05) is 19.1 Å². The van der Waals surface area contributed by atoms with Crippen LogP contribution in [0.2, 0.25) is 5.02 Å². The average molecular weight is 496 g/mol. The second-order valence-electron chi connectivity index (χ2n) is 7.30. The number of nitrogens with zero attached hydrogens (tertiary/aromatic N) is 1.